The van der Waals surface area contributed by atoms with Crippen molar-refractivity contribution in [2.45, 2.75) is 19.9 Å². The molecule has 6 nitrogen and oxygen atoms in total. The number of aromatic nitrogens is 4. The fourth-order valence-corrected chi connectivity index (χ4v) is 2.77. The Hall–Kier alpha value is -2.41. The molecule has 3 aromatic rings. The second-order valence-electron chi connectivity index (χ2n) is 5.40. The third-order valence-electron chi connectivity index (χ3n) is 3.52. The highest BCUT2D eigenvalue weighted by atomic mass is 35.5. The Balaban J connectivity index is 2.32. The number of fused-ring (bicyclic) bond motifs is 1. The summed E-state index contributed by atoms with van der Waals surface area (Å²) in [6.07, 6.45) is 1.40. The summed E-state index contributed by atoms with van der Waals surface area (Å²) in [6, 6.07) is 3.26. The van der Waals surface area contributed by atoms with E-state index in [1.54, 1.807) is 13.1 Å². The van der Waals surface area contributed by atoms with Crippen molar-refractivity contribution in [2.24, 2.45) is 0 Å². The van der Waals surface area contributed by atoms with E-state index in [0.29, 0.717) is 33.3 Å². The van der Waals surface area contributed by atoms with Gasteiger partial charge >= 0.3 is 0 Å². The Bertz CT molecular complexity index is 889. The first-order valence-electron chi connectivity index (χ1n) is 7.10. The average molecular weight is 335 g/mol. The standard InChI is InChI=1S/C15H16ClFN6/c1-7(2)23-11-5-8(12-9(16)6-20-14(18)21-12)4-10(17)13(11)22-15(23)19-3/h4-7H,1-3H3,(H,19,22)(H2,18,20,21). The molecule has 3 rings (SSSR count). The van der Waals surface area contributed by atoms with Crippen molar-refractivity contribution in [1.29, 1.82) is 0 Å². The van der Waals surface area contributed by atoms with Crippen LogP contribution in [0.4, 0.5) is 16.3 Å². The van der Waals surface area contributed by atoms with Gasteiger partial charge in [-0.25, -0.2) is 19.3 Å². The zero-order chi connectivity index (χ0) is 16.7. The van der Waals surface area contributed by atoms with Crippen molar-refractivity contribution >= 4 is 34.5 Å². The summed E-state index contributed by atoms with van der Waals surface area (Å²) in [5, 5.41) is 3.29. The van der Waals surface area contributed by atoms with Crippen LogP contribution in [0, 0.1) is 5.82 Å². The minimum Gasteiger partial charge on any atom is -0.368 e. The second-order valence-corrected chi connectivity index (χ2v) is 5.81. The molecular formula is C15H16ClFN6. The normalized spacial score (nSPS) is 11.4. The van der Waals surface area contributed by atoms with Crippen molar-refractivity contribution in [2.75, 3.05) is 18.1 Å². The van der Waals surface area contributed by atoms with E-state index in [0.717, 1.165) is 0 Å². The van der Waals surface area contributed by atoms with Crippen LogP contribution in [0.2, 0.25) is 5.02 Å². The smallest absolute Gasteiger partial charge is 0.220 e. The molecule has 3 N–H and O–H groups in total. The van der Waals surface area contributed by atoms with E-state index >= 15 is 0 Å². The fraction of sp³-hybridized carbons (Fsp3) is 0.267. The molecular weight excluding hydrogens is 319 g/mol. The molecule has 23 heavy (non-hydrogen) atoms. The molecule has 0 fully saturated rings. The molecule has 2 heterocycles. The van der Waals surface area contributed by atoms with Crippen molar-refractivity contribution in [1.82, 2.24) is 19.5 Å². The van der Waals surface area contributed by atoms with Crippen LogP contribution in [-0.2, 0) is 0 Å². The number of nitrogens with two attached hydrogens (primary N) is 1. The van der Waals surface area contributed by atoms with Gasteiger partial charge in [0.25, 0.3) is 0 Å². The number of nitrogens with one attached hydrogen (secondary N) is 1. The van der Waals surface area contributed by atoms with Gasteiger partial charge in [0.15, 0.2) is 5.82 Å². The van der Waals surface area contributed by atoms with Gasteiger partial charge in [0.2, 0.25) is 11.9 Å². The molecule has 0 saturated carbocycles. The summed E-state index contributed by atoms with van der Waals surface area (Å²) in [4.78, 5) is 12.3. The number of nitrogens with zero attached hydrogens (tertiary/aromatic N) is 4. The van der Waals surface area contributed by atoms with Crippen LogP contribution in [0.3, 0.4) is 0 Å². The van der Waals surface area contributed by atoms with E-state index in [-0.39, 0.29) is 12.0 Å². The SMILES string of the molecule is CNc1nc2c(F)cc(-c3nc(N)ncc3Cl)cc2n1C(C)C. The molecule has 0 spiro atoms. The Morgan fingerprint density at radius 3 is 2.70 bits per heavy atom. The molecule has 0 radical (unpaired) electrons. The lowest BCUT2D eigenvalue weighted by molar-refractivity contribution is 0.623. The van der Waals surface area contributed by atoms with Gasteiger partial charge in [0, 0.05) is 18.7 Å². The Labute approximate surface area is 137 Å². The summed E-state index contributed by atoms with van der Waals surface area (Å²) in [7, 11) is 1.75. The van der Waals surface area contributed by atoms with Crippen LogP contribution < -0.4 is 11.1 Å². The maximum atomic E-state index is 14.5. The molecule has 0 amide bonds. The quantitative estimate of drug-likeness (QED) is 0.766. The summed E-state index contributed by atoms with van der Waals surface area (Å²) in [5.41, 5.74) is 7.49. The first-order chi connectivity index (χ1) is 10.9. The van der Waals surface area contributed by atoms with Crippen LogP contribution in [0.15, 0.2) is 18.3 Å². The lowest BCUT2D eigenvalue weighted by Gasteiger charge is -2.13. The third-order valence-corrected chi connectivity index (χ3v) is 3.80. The van der Waals surface area contributed by atoms with E-state index in [1.165, 1.54) is 12.3 Å². The third kappa shape index (κ3) is 2.57. The summed E-state index contributed by atoms with van der Waals surface area (Å²) in [5.74, 6) is 0.235. The highest BCUT2D eigenvalue weighted by Gasteiger charge is 2.18. The van der Waals surface area contributed by atoms with Crippen LogP contribution in [0.1, 0.15) is 19.9 Å². The number of anilines is 2. The van der Waals surface area contributed by atoms with Crippen LogP contribution >= 0.6 is 11.6 Å². The predicted octanol–water partition coefficient (Wildman–Crippen LogP) is 3.49. The van der Waals surface area contributed by atoms with Crippen molar-refractivity contribution in [3.8, 4) is 11.3 Å². The van der Waals surface area contributed by atoms with Crippen LogP contribution in [-0.4, -0.2) is 26.6 Å². The van der Waals surface area contributed by atoms with Crippen LogP contribution in [0.5, 0.6) is 0 Å². The highest BCUT2D eigenvalue weighted by molar-refractivity contribution is 6.33. The minimum atomic E-state index is -0.443. The molecule has 0 aliphatic carbocycles. The predicted molar refractivity (Wildman–Crippen MR) is 90.1 cm³/mol. The molecule has 0 saturated heterocycles. The molecule has 2 aromatic heterocycles. The highest BCUT2D eigenvalue weighted by Crippen LogP contribution is 2.33. The number of imidazole rings is 1. The zero-order valence-corrected chi connectivity index (χ0v) is 13.7. The number of nitrogen functional groups attached to an aromatic ring is 1. The van der Waals surface area contributed by atoms with Crippen molar-refractivity contribution < 1.29 is 4.39 Å². The summed E-state index contributed by atoms with van der Waals surface area (Å²) >= 11 is 6.13. The Morgan fingerprint density at radius 2 is 2.04 bits per heavy atom. The first kappa shape index (κ1) is 15.5. The van der Waals surface area contributed by atoms with E-state index in [4.69, 9.17) is 17.3 Å². The summed E-state index contributed by atoms with van der Waals surface area (Å²) < 4.78 is 16.5. The minimum absolute atomic E-state index is 0.0817. The lowest BCUT2D eigenvalue weighted by atomic mass is 10.1. The zero-order valence-electron chi connectivity index (χ0n) is 12.9. The van der Waals surface area contributed by atoms with E-state index in [2.05, 4.69) is 20.3 Å². The largest absolute Gasteiger partial charge is 0.368 e. The van der Waals surface area contributed by atoms with Gasteiger partial charge in [0.1, 0.15) is 5.52 Å². The number of benzene rings is 1. The monoisotopic (exact) mass is 334 g/mol. The van der Waals surface area contributed by atoms with Gasteiger partial charge in [-0.3, -0.25) is 0 Å². The van der Waals surface area contributed by atoms with Crippen molar-refractivity contribution in [3.05, 3.63) is 29.2 Å². The molecule has 0 aliphatic heterocycles. The number of halogens is 2. The van der Waals surface area contributed by atoms with Gasteiger partial charge in [-0.05, 0) is 26.0 Å². The average Bonchev–Trinajstić information content (AvgIpc) is 2.89. The topological polar surface area (TPSA) is 81.7 Å². The Morgan fingerprint density at radius 1 is 1.30 bits per heavy atom. The second kappa shape index (κ2) is 5.66. The number of hydrogen-bond donors (Lipinski definition) is 2. The number of rotatable bonds is 3. The maximum absolute atomic E-state index is 14.5. The van der Waals surface area contributed by atoms with Gasteiger partial charge in [0.05, 0.1) is 22.4 Å². The van der Waals surface area contributed by atoms with Gasteiger partial charge in [-0.2, -0.15) is 0 Å². The fourth-order valence-electron chi connectivity index (χ4n) is 2.57. The number of hydrogen-bond acceptors (Lipinski definition) is 5. The first-order valence-corrected chi connectivity index (χ1v) is 7.47. The van der Waals surface area contributed by atoms with E-state index < -0.39 is 5.82 Å². The maximum Gasteiger partial charge on any atom is 0.220 e. The van der Waals surface area contributed by atoms with E-state index in [1.807, 2.05) is 18.4 Å². The molecule has 0 aliphatic rings. The molecule has 1 aromatic carbocycles. The lowest BCUT2D eigenvalue weighted by Crippen LogP contribution is -2.06. The van der Waals surface area contributed by atoms with Crippen molar-refractivity contribution in [3.63, 3.8) is 0 Å². The van der Waals surface area contributed by atoms with Gasteiger partial charge in [-0.1, -0.05) is 11.6 Å². The van der Waals surface area contributed by atoms with Gasteiger partial charge < -0.3 is 15.6 Å². The molecule has 120 valence electrons. The molecule has 0 atom stereocenters. The molecule has 0 unspecified atom stereocenters. The van der Waals surface area contributed by atoms with Crippen LogP contribution in [0.25, 0.3) is 22.3 Å². The Kier molecular flexibility index (Phi) is 3.81. The van der Waals surface area contributed by atoms with E-state index in [9.17, 15) is 4.39 Å². The molecule has 0 bridgehead atoms. The molecule has 8 heteroatoms. The van der Waals surface area contributed by atoms with Gasteiger partial charge in [-0.15, -0.1) is 0 Å². The summed E-state index contributed by atoms with van der Waals surface area (Å²) in [6.45, 7) is 4.00.